The number of fused-ring (bicyclic) bond motifs is 1. The van der Waals surface area contributed by atoms with Crippen LogP contribution in [0.2, 0.25) is 5.02 Å². The number of anilines is 1. The Morgan fingerprint density at radius 2 is 2.12 bits per heavy atom. The highest BCUT2D eigenvalue weighted by atomic mass is 35.5. The molecule has 2 aliphatic heterocycles. The summed E-state index contributed by atoms with van der Waals surface area (Å²) in [6, 6.07) is 9.10. The molecule has 1 fully saturated rings. The van der Waals surface area contributed by atoms with Gasteiger partial charge < -0.3 is 19.7 Å². The summed E-state index contributed by atoms with van der Waals surface area (Å²) in [4.78, 5) is 20.7. The number of nitrogens with zero attached hydrogens (tertiary/aromatic N) is 7. The highest BCUT2D eigenvalue weighted by molar-refractivity contribution is 6.53. The van der Waals surface area contributed by atoms with E-state index in [0.29, 0.717) is 40.3 Å². The summed E-state index contributed by atoms with van der Waals surface area (Å²) in [6.07, 6.45) is 7.62. The molecule has 3 aromatic rings. The minimum Gasteiger partial charge on any atom is -0.456 e. The Morgan fingerprint density at radius 3 is 2.88 bits per heavy atom. The molecule has 4 heterocycles. The molecule has 1 saturated heterocycles. The van der Waals surface area contributed by atoms with Crippen molar-refractivity contribution in [1.29, 1.82) is 0 Å². The Morgan fingerprint density at radius 1 is 1.27 bits per heavy atom. The van der Waals surface area contributed by atoms with E-state index in [1.807, 2.05) is 25.1 Å². The molecule has 0 atom stereocenters. The first-order chi connectivity index (χ1) is 19.3. The number of hydrogen-bond donors (Lipinski definition) is 1. The Balaban J connectivity index is 1.41. The Kier molecular flexibility index (Phi) is 7.99. The predicted octanol–water partition coefficient (Wildman–Crippen LogP) is 6.12. The fourth-order valence-corrected chi connectivity index (χ4v) is 4.71. The van der Waals surface area contributed by atoms with Crippen LogP contribution in [0.3, 0.4) is 0 Å². The van der Waals surface area contributed by atoms with Gasteiger partial charge >= 0.3 is 0 Å². The van der Waals surface area contributed by atoms with E-state index >= 15 is 0 Å². The van der Waals surface area contributed by atoms with Crippen molar-refractivity contribution < 1.29 is 9.47 Å². The number of aliphatic imine (C=N–C) groups is 3. The van der Waals surface area contributed by atoms with E-state index in [4.69, 9.17) is 26.1 Å². The van der Waals surface area contributed by atoms with Gasteiger partial charge in [0, 0.05) is 31.0 Å². The van der Waals surface area contributed by atoms with Crippen LogP contribution in [0.15, 0.2) is 81.0 Å². The Hall–Kier alpha value is -4.02. The zero-order valence-corrected chi connectivity index (χ0v) is 24.1. The van der Waals surface area contributed by atoms with Crippen LogP contribution in [0.5, 0.6) is 11.5 Å². The van der Waals surface area contributed by atoms with Crippen LogP contribution in [0.25, 0.3) is 5.65 Å². The van der Waals surface area contributed by atoms with Gasteiger partial charge in [0.25, 0.3) is 0 Å². The van der Waals surface area contributed by atoms with Crippen molar-refractivity contribution in [2.24, 2.45) is 15.0 Å². The van der Waals surface area contributed by atoms with Gasteiger partial charge in [-0.1, -0.05) is 24.6 Å². The van der Waals surface area contributed by atoms with Gasteiger partial charge in [-0.05, 0) is 64.0 Å². The average Bonchev–Trinajstić information content (AvgIpc) is 3.41. The standard InChI is InChI=1S/C29H33ClN8O2/c1-6-19(3)28(37-12-13-39-29(4,5)16-37)36-26-23(7-2)31-17-33-27(26)35-20-8-9-24(22(30)14-20)40-21-10-11-38-25(15-21)32-18-34-38/h7-11,14-15,17-18H,6,12-13,16H2,1-5H3,(H,31,33,35)/b23-7+,28-19-,36-26+. The lowest BCUT2D eigenvalue weighted by Gasteiger charge is -2.40. The molecule has 2 aliphatic rings. The molecule has 0 unspecified atom stereocenters. The highest BCUT2D eigenvalue weighted by Gasteiger charge is 2.30. The third-order valence-corrected chi connectivity index (χ3v) is 6.95. The Labute approximate surface area is 238 Å². The topological polar surface area (TPSA) is 101 Å². The minimum absolute atomic E-state index is 0.261. The van der Waals surface area contributed by atoms with Gasteiger partial charge in [-0.25, -0.2) is 24.5 Å². The molecular weight excluding hydrogens is 528 g/mol. The van der Waals surface area contributed by atoms with Gasteiger partial charge in [-0.15, -0.1) is 0 Å². The first-order valence-corrected chi connectivity index (χ1v) is 13.6. The van der Waals surface area contributed by atoms with Crippen molar-refractivity contribution in [2.45, 2.75) is 46.6 Å². The molecule has 2 aromatic heterocycles. The molecular formula is C29H33ClN8O2. The van der Waals surface area contributed by atoms with Crippen molar-refractivity contribution in [3.8, 4) is 11.5 Å². The van der Waals surface area contributed by atoms with E-state index in [-0.39, 0.29) is 5.60 Å². The molecule has 5 rings (SSSR count). The third kappa shape index (κ3) is 6.08. The van der Waals surface area contributed by atoms with Crippen molar-refractivity contribution in [3.05, 3.63) is 71.0 Å². The number of halogens is 1. The first kappa shape index (κ1) is 27.5. The summed E-state index contributed by atoms with van der Waals surface area (Å²) < 4.78 is 13.6. The molecule has 208 valence electrons. The van der Waals surface area contributed by atoms with E-state index in [9.17, 15) is 0 Å². The third-order valence-electron chi connectivity index (χ3n) is 6.65. The maximum atomic E-state index is 6.63. The van der Waals surface area contributed by atoms with E-state index in [0.717, 1.165) is 36.7 Å². The van der Waals surface area contributed by atoms with Crippen molar-refractivity contribution in [1.82, 2.24) is 19.5 Å². The molecule has 10 nitrogen and oxygen atoms in total. The van der Waals surface area contributed by atoms with E-state index in [1.165, 1.54) is 18.2 Å². The molecule has 11 heteroatoms. The zero-order valence-electron chi connectivity index (χ0n) is 23.3. The number of allylic oxidation sites excluding steroid dienone is 2. The van der Waals surface area contributed by atoms with Crippen LogP contribution in [0.1, 0.15) is 41.0 Å². The molecule has 0 bridgehead atoms. The lowest BCUT2D eigenvalue weighted by atomic mass is 10.1. The van der Waals surface area contributed by atoms with Crippen LogP contribution in [-0.2, 0) is 4.74 Å². The number of nitrogens with one attached hydrogen (secondary N) is 1. The van der Waals surface area contributed by atoms with Gasteiger partial charge in [0.1, 0.15) is 35.7 Å². The van der Waals surface area contributed by atoms with Crippen LogP contribution in [0, 0.1) is 0 Å². The lowest BCUT2D eigenvalue weighted by Crippen LogP contribution is -2.47. The van der Waals surface area contributed by atoms with Crippen LogP contribution >= 0.6 is 11.6 Å². The number of aromatic nitrogens is 3. The number of benzene rings is 1. The Bertz CT molecular complexity index is 1570. The number of hydrogen-bond acceptors (Lipinski definition) is 9. The van der Waals surface area contributed by atoms with E-state index in [1.54, 1.807) is 28.9 Å². The fraction of sp³-hybridized carbons (Fsp3) is 0.345. The maximum Gasteiger partial charge on any atom is 0.160 e. The number of ether oxygens (including phenoxy) is 2. The first-order valence-electron chi connectivity index (χ1n) is 13.2. The summed E-state index contributed by atoms with van der Waals surface area (Å²) in [5.74, 6) is 2.63. The molecule has 0 radical (unpaired) electrons. The number of morpholine rings is 1. The maximum absolute atomic E-state index is 6.63. The summed E-state index contributed by atoms with van der Waals surface area (Å²) in [5, 5.41) is 7.94. The largest absolute Gasteiger partial charge is 0.456 e. The van der Waals surface area contributed by atoms with Gasteiger partial charge in [-0.2, -0.15) is 5.10 Å². The summed E-state index contributed by atoms with van der Waals surface area (Å²) in [6.45, 7) is 12.6. The van der Waals surface area contributed by atoms with Gasteiger partial charge in [-0.3, -0.25) is 0 Å². The molecule has 0 aliphatic carbocycles. The van der Waals surface area contributed by atoms with E-state index in [2.05, 4.69) is 58.0 Å². The summed E-state index contributed by atoms with van der Waals surface area (Å²) in [5.41, 5.74) is 3.75. The molecule has 1 N–H and O–H groups in total. The quantitative estimate of drug-likeness (QED) is 0.389. The van der Waals surface area contributed by atoms with Crippen molar-refractivity contribution >= 4 is 40.8 Å². The summed E-state index contributed by atoms with van der Waals surface area (Å²) >= 11 is 6.63. The number of amidine groups is 1. The molecule has 40 heavy (non-hydrogen) atoms. The number of rotatable bonds is 6. The SMILES string of the molecule is C/C=C1/N=CN=C(Nc2ccc(Oc3ccn4ncnc4c3)c(Cl)c2)/C1=N/C(=C(\C)CC)N1CCOC(C)(C)C1. The smallest absolute Gasteiger partial charge is 0.160 e. The molecule has 0 spiro atoms. The number of pyridine rings is 1. The second-order valence-electron chi connectivity index (χ2n) is 10.1. The lowest BCUT2D eigenvalue weighted by molar-refractivity contribution is -0.0772. The van der Waals surface area contributed by atoms with Gasteiger partial charge in [0.05, 0.1) is 22.9 Å². The van der Waals surface area contributed by atoms with Gasteiger partial charge in [0.15, 0.2) is 11.5 Å². The van der Waals surface area contributed by atoms with Crippen LogP contribution in [-0.4, -0.2) is 62.7 Å². The average molecular weight is 561 g/mol. The molecule has 0 saturated carbocycles. The second-order valence-corrected chi connectivity index (χ2v) is 10.5. The minimum atomic E-state index is -0.261. The van der Waals surface area contributed by atoms with Crippen molar-refractivity contribution in [3.63, 3.8) is 0 Å². The van der Waals surface area contributed by atoms with Crippen LogP contribution < -0.4 is 10.1 Å². The predicted molar refractivity (Wildman–Crippen MR) is 160 cm³/mol. The van der Waals surface area contributed by atoms with Crippen LogP contribution in [0.4, 0.5) is 5.69 Å². The fourth-order valence-electron chi connectivity index (χ4n) is 4.49. The normalized spacial score (nSPS) is 19.6. The second kappa shape index (κ2) is 11.6. The highest BCUT2D eigenvalue weighted by Crippen LogP contribution is 2.32. The van der Waals surface area contributed by atoms with Gasteiger partial charge in [0.2, 0.25) is 0 Å². The molecule has 0 amide bonds. The zero-order chi connectivity index (χ0) is 28.3. The molecule has 1 aromatic carbocycles. The summed E-state index contributed by atoms with van der Waals surface area (Å²) in [7, 11) is 0. The monoisotopic (exact) mass is 560 g/mol. The van der Waals surface area contributed by atoms with Crippen molar-refractivity contribution in [2.75, 3.05) is 25.0 Å². The van der Waals surface area contributed by atoms with E-state index < -0.39 is 0 Å².